The number of aliphatic carboxylic acids is 1. The fraction of sp³-hybridized carbons (Fsp3) is 0.440. The molecule has 0 spiro atoms. The van der Waals surface area contributed by atoms with Crippen molar-refractivity contribution in [1.29, 1.82) is 0 Å². The summed E-state index contributed by atoms with van der Waals surface area (Å²) in [5.41, 5.74) is 5.03. The van der Waals surface area contributed by atoms with Crippen LogP contribution >= 0.6 is 0 Å². The van der Waals surface area contributed by atoms with Gasteiger partial charge in [0.2, 0.25) is 5.91 Å². The van der Waals surface area contributed by atoms with E-state index in [1.54, 1.807) is 11.9 Å². The first kappa shape index (κ1) is 26.2. The van der Waals surface area contributed by atoms with Crippen LogP contribution < -0.4 is 5.32 Å². The van der Waals surface area contributed by atoms with Crippen LogP contribution in [0.5, 0.6) is 0 Å². The Morgan fingerprint density at radius 1 is 1.09 bits per heavy atom. The number of hydrogen-bond donors (Lipinski definition) is 2. The van der Waals surface area contributed by atoms with Crippen molar-refractivity contribution >= 4 is 17.6 Å². The summed E-state index contributed by atoms with van der Waals surface area (Å²) < 4.78 is 29.0. The summed E-state index contributed by atoms with van der Waals surface area (Å²) in [6.07, 6.45) is 1.68. The van der Waals surface area contributed by atoms with Crippen LogP contribution in [-0.4, -0.2) is 41.7 Å². The number of carbonyl (C=O) groups is 2. The number of benzene rings is 2. The fourth-order valence-corrected chi connectivity index (χ4v) is 4.07. The molecule has 0 saturated heterocycles. The molecule has 0 radical (unpaired) electrons. The van der Waals surface area contributed by atoms with Crippen LogP contribution in [0.4, 0.5) is 18.9 Å². The number of nitrogens with one attached hydrogen (secondary N) is 1. The Morgan fingerprint density at radius 3 is 2.27 bits per heavy atom. The molecular formula is C25H31F3N2O3. The molecular weight excluding hydrogens is 433 g/mol. The molecule has 0 heterocycles. The van der Waals surface area contributed by atoms with Gasteiger partial charge in [0, 0.05) is 43.6 Å². The van der Waals surface area contributed by atoms with E-state index in [2.05, 4.69) is 55.6 Å². The maximum atomic E-state index is 12.1. The molecule has 0 fully saturated rings. The maximum absolute atomic E-state index is 12.1. The average molecular weight is 465 g/mol. The van der Waals surface area contributed by atoms with Crippen LogP contribution in [-0.2, 0) is 28.0 Å². The third kappa shape index (κ3) is 7.80. The number of halogens is 3. The van der Waals surface area contributed by atoms with Crippen molar-refractivity contribution in [3.8, 4) is 0 Å². The number of carbonyl (C=O) groups excluding carboxylic acids is 1. The minimum atomic E-state index is -3.67. The highest BCUT2D eigenvalue weighted by molar-refractivity contribution is 5.76. The van der Waals surface area contributed by atoms with Crippen LogP contribution in [0, 0.1) is 0 Å². The summed E-state index contributed by atoms with van der Waals surface area (Å²) in [7, 11) is 1.76. The van der Waals surface area contributed by atoms with Crippen molar-refractivity contribution in [3.05, 3.63) is 65.2 Å². The second kappa shape index (κ2) is 11.7. The molecule has 1 atom stereocenters. The van der Waals surface area contributed by atoms with Crippen LogP contribution in [0.3, 0.4) is 0 Å². The van der Waals surface area contributed by atoms with E-state index in [1.165, 1.54) is 11.1 Å². The summed E-state index contributed by atoms with van der Waals surface area (Å²) in [5, 5.41) is 12.4. The maximum Gasteiger partial charge on any atom is 0.379 e. The summed E-state index contributed by atoms with van der Waals surface area (Å²) in [6.45, 7) is 1.43. The van der Waals surface area contributed by atoms with Gasteiger partial charge in [-0.25, -0.2) is 0 Å². The van der Waals surface area contributed by atoms with Gasteiger partial charge in [-0.3, -0.25) is 9.59 Å². The Bertz CT molecular complexity index is 930. The lowest BCUT2D eigenvalue weighted by atomic mass is 9.83. The van der Waals surface area contributed by atoms with Crippen molar-refractivity contribution in [2.45, 2.75) is 64.2 Å². The molecule has 1 unspecified atom stereocenters. The molecule has 2 N–H and O–H groups in total. The minimum absolute atomic E-state index is 0.0288. The summed E-state index contributed by atoms with van der Waals surface area (Å²) in [4.78, 5) is 24.4. The molecule has 2 aromatic carbocycles. The molecule has 1 aliphatic carbocycles. The number of nitrogens with zero attached hydrogens (tertiary/aromatic N) is 1. The van der Waals surface area contributed by atoms with Gasteiger partial charge in [0.25, 0.3) is 0 Å². The van der Waals surface area contributed by atoms with Gasteiger partial charge in [0.15, 0.2) is 0 Å². The van der Waals surface area contributed by atoms with Crippen molar-refractivity contribution in [3.63, 3.8) is 0 Å². The number of carboxylic acid groups (broad SMARTS) is 1. The van der Waals surface area contributed by atoms with Crippen molar-refractivity contribution in [2.24, 2.45) is 0 Å². The third-order valence-electron chi connectivity index (χ3n) is 5.93. The van der Waals surface area contributed by atoms with Gasteiger partial charge in [0.1, 0.15) is 0 Å². The molecule has 3 rings (SSSR count). The van der Waals surface area contributed by atoms with Gasteiger partial charge in [-0.1, -0.05) is 50.2 Å². The lowest BCUT2D eigenvalue weighted by molar-refractivity contribution is -0.137. The number of anilines is 1. The monoisotopic (exact) mass is 464 g/mol. The normalized spacial score (nSPS) is 15.9. The second-order valence-corrected chi connectivity index (χ2v) is 8.72. The zero-order valence-corrected chi connectivity index (χ0v) is 19.2. The number of fused-ring (bicyclic) bond motifs is 1. The quantitative estimate of drug-likeness (QED) is 0.549. The molecule has 8 heteroatoms. The van der Waals surface area contributed by atoms with Gasteiger partial charge >= 0.3 is 12.6 Å². The first-order valence-electron chi connectivity index (χ1n) is 10.8. The number of amides is 1. The van der Waals surface area contributed by atoms with Crippen LogP contribution in [0.1, 0.15) is 49.8 Å². The zero-order valence-electron chi connectivity index (χ0n) is 19.2. The van der Waals surface area contributed by atoms with E-state index in [0.29, 0.717) is 19.0 Å². The zero-order chi connectivity index (χ0) is 24.6. The molecule has 33 heavy (non-hydrogen) atoms. The predicted molar refractivity (Wildman–Crippen MR) is 122 cm³/mol. The molecule has 5 nitrogen and oxygen atoms in total. The lowest BCUT2D eigenvalue weighted by Crippen LogP contribution is -2.36. The minimum Gasteiger partial charge on any atom is -0.481 e. The summed E-state index contributed by atoms with van der Waals surface area (Å²) in [6, 6.07) is 17.2. The third-order valence-corrected chi connectivity index (χ3v) is 5.93. The van der Waals surface area contributed by atoms with Gasteiger partial charge < -0.3 is 15.3 Å². The number of alkyl halides is 3. The topological polar surface area (TPSA) is 69.6 Å². The van der Waals surface area contributed by atoms with Crippen LogP contribution in [0.2, 0.25) is 0 Å². The highest BCUT2D eigenvalue weighted by atomic mass is 19.4. The van der Waals surface area contributed by atoms with Gasteiger partial charge in [-0.2, -0.15) is 13.2 Å². The number of rotatable bonds is 8. The molecule has 0 aliphatic heterocycles. The molecule has 1 aliphatic rings. The van der Waals surface area contributed by atoms with Crippen molar-refractivity contribution in [2.75, 3.05) is 12.4 Å². The summed E-state index contributed by atoms with van der Waals surface area (Å²) >= 11 is 0. The van der Waals surface area contributed by atoms with Crippen molar-refractivity contribution in [1.82, 2.24) is 4.90 Å². The smallest absolute Gasteiger partial charge is 0.379 e. The van der Waals surface area contributed by atoms with Gasteiger partial charge in [0.05, 0.1) is 0 Å². The van der Waals surface area contributed by atoms with Gasteiger partial charge in [-0.15, -0.1) is 0 Å². The fourth-order valence-electron chi connectivity index (χ4n) is 4.07. The Kier molecular flexibility index (Phi) is 9.32. The first-order chi connectivity index (χ1) is 15.5. The average Bonchev–Trinajstić information content (AvgIpc) is 2.99. The largest absolute Gasteiger partial charge is 0.481 e. The molecule has 1 amide bonds. The van der Waals surface area contributed by atoms with Crippen LogP contribution in [0.25, 0.3) is 0 Å². The van der Waals surface area contributed by atoms with E-state index in [-0.39, 0.29) is 24.2 Å². The van der Waals surface area contributed by atoms with E-state index < -0.39 is 12.6 Å². The molecule has 180 valence electrons. The van der Waals surface area contributed by atoms with E-state index in [1.807, 2.05) is 12.1 Å². The molecule has 0 saturated carbocycles. The van der Waals surface area contributed by atoms with Crippen LogP contribution in [0.15, 0.2) is 48.5 Å². The Morgan fingerprint density at radius 2 is 1.70 bits per heavy atom. The highest BCUT2D eigenvalue weighted by Gasteiger charge is 2.38. The Balaban J connectivity index is 0.000000890. The van der Waals surface area contributed by atoms with E-state index in [4.69, 9.17) is 5.11 Å². The van der Waals surface area contributed by atoms with Gasteiger partial charge in [-0.05, 0) is 41.7 Å². The highest BCUT2D eigenvalue weighted by Crippen LogP contribution is 2.39. The molecule has 2 aromatic rings. The Hall–Kier alpha value is -3.03. The Labute approximate surface area is 192 Å². The van der Waals surface area contributed by atoms with E-state index in [0.717, 1.165) is 17.7 Å². The predicted octanol–water partition coefficient (Wildman–Crippen LogP) is 5.39. The number of hydrogen-bond acceptors (Lipinski definition) is 3. The molecule has 0 aromatic heterocycles. The summed E-state index contributed by atoms with van der Waals surface area (Å²) in [5.74, 6) is -0.893. The van der Waals surface area contributed by atoms with Crippen molar-refractivity contribution < 1.29 is 27.9 Å². The molecule has 0 bridgehead atoms. The van der Waals surface area contributed by atoms with E-state index >= 15 is 0 Å². The standard InChI is InChI=1S/C24H30N2O3.CHF3/c1-24(2)20-8-5-4-7-18(20)15-21(24)25-19-13-11-17(12-14-19)16-26(3)22(27)9-6-10-23(28)29;2-1(3)4/h4-5,7-8,11-14,21,25H,6,9-10,15-16H2,1-3H3,(H,28,29);1H. The number of carboxylic acids is 1. The van der Waals surface area contributed by atoms with E-state index in [9.17, 15) is 22.8 Å². The SMILES string of the molecule is CN(Cc1ccc(NC2Cc3ccccc3C2(C)C)cc1)C(=O)CCCC(=O)O.FC(F)F. The second-order valence-electron chi connectivity index (χ2n) is 8.72. The lowest BCUT2D eigenvalue weighted by Gasteiger charge is -2.30. The first-order valence-corrected chi connectivity index (χ1v) is 10.8.